The van der Waals surface area contributed by atoms with Crippen LogP contribution in [0.1, 0.15) is 82.1 Å². The predicted molar refractivity (Wildman–Crippen MR) is 120 cm³/mol. The summed E-state index contributed by atoms with van der Waals surface area (Å²) in [5, 5.41) is 3.07. The number of hydrogen-bond acceptors (Lipinski definition) is 3. The molecule has 1 aliphatic rings. The molecule has 1 aromatic carbocycles. The highest BCUT2D eigenvalue weighted by molar-refractivity contribution is 7.90. The van der Waals surface area contributed by atoms with Gasteiger partial charge in [-0.2, -0.15) is 0 Å². The van der Waals surface area contributed by atoms with Gasteiger partial charge in [-0.1, -0.05) is 25.5 Å². The second kappa shape index (κ2) is 10.6. The molecule has 0 aromatic heterocycles. The van der Waals surface area contributed by atoms with Gasteiger partial charge < -0.3 is 5.32 Å². The third-order valence-electron chi connectivity index (χ3n) is 5.92. The van der Waals surface area contributed by atoms with Gasteiger partial charge >= 0.3 is 0 Å². The van der Waals surface area contributed by atoms with Crippen LogP contribution in [0.15, 0.2) is 24.3 Å². The Morgan fingerprint density at radius 2 is 1.55 bits per heavy atom. The summed E-state index contributed by atoms with van der Waals surface area (Å²) in [6.45, 7) is 8.54. The van der Waals surface area contributed by atoms with Gasteiger partial charge in [-0.05, 0) is 88.8 Å². The number of carbonyl (C=O) groups is 1. The maximum atomic E-state index is 12.4. The lowest BCUT2D eigenvalue weighted by atomic mass is 9.82. The Bertz CT molecular complexity index is 743. The average molecular weight is 423 g/mol. The van der Waals surface area contributed by atoms with Gasteiger partial charge in [0.1, 0.15) is 0 Å². The van der Waals surface area contributed by atoms with Crippen molar-refractivity contribution in [2.24, 2.45) is 11.8 Å². The van der Waals surface area contributed by atoms with E-state index in [2.05, 4.69) is 29.1 Å². The van der Waals surface area contributed by atoms with E-state index in [-0.39, 0.29) is 5.91 Å². The second-order valence-corrected chi connectivity index (χ2v) is 11.9. The van der Waals surface area contributed by atoms with E-state index in [1.165, 1.54) is 18.4 Å². The number of rotatable bonds is 9. The quantitative estimate of drug-likeness (QED) is 0.623. The molecule has 29 heavy (non-hydrogen) atoms. The summed E-state index contributed by atoms with van der Waals surface area (Å²) in [5.74, 6) is 0.847. The summed E-state index contributed by atoms with van der Waals surface area (Å²) in [6, 6.07) is 7.93. The lowest BCUT2D eigenvalue weighted by Crippen LogP contribution is -2.42. The first-order chi connectivity index (χ1) is 13.6. The molecule has 0 atom stereocenters. The molecule has 5 nitrogen and oxygen atoms in total. The molecule has 1 aromatic rings. The van der Waals surface area contributed by atoms with Crippen LogP contribution in [-0.4, -0.2) is 32.2 Å². The zero-order chi connectivity index (χ0) is 21.5. The van der Waals surface area contributed by atoms with Crippen LogP contribution in [0.3, 0.4) is 0 Å². The summed E-state index contributed by atoms with van der Waals surface area (Å²) < 4.78 is 26.4. The van der Waals surface area contributed by atoms with E-state index in [1.54, 1.807) is 20.8 Å². The summed E-state index contributed by atoms with van der Waals surface area (Å²) in [4.78, 5) is 12.4. The Balaban J connectivity index is 1.71. The van der Waals surface area contributed by atoms with Crippen molar-refractivity contribution in [3.8, 4) is 0 Å². The van der Waals surface area contributed by atoms with Crippen LogP contribution >= 0.6 is 0 Å². The molecule has 0 spiro atoms. The Kier molecular flexibility index (Phi) is 8.71. The van der Waals surface area contributed by atoms with E-state index in [1.807, 2.05) is 12.1 Å². The van der Waals surface area contributed by atoms with Crippen LogP contribution in [0.5, 0.6) is 0 Å². The van der Waals surface area contributed by atoms with Crippen molar-refractivity contribution in [2.75, 3.05) is 13.1 Å². The Morgan fingerprint density at radius 3 is 2.07 bits per heavy atom. The van der Waals surface area contributed by atoms with Gasteiger partial charge in [-0.15, -0.1) is 0 Å². The molecule has 0 bridgehead atoms. The molecule has 1 saturated carbocycles. The van der Waals surface area contributed by atoms with Crippen LogP contribution in [0.25, 0.3) is 0 Å². The van der Waals surface area contributed by atoms with Gasteiger partial charge in [-0.3, -0.25) is 4.79 Å². The van der Waals surface area contributed by atoms with Crippen LogP contribution in [0.2, 0.25) is 0 Å². The molecule has 0 saturated heterocycles. The van der Waals surface area contributed by atoms with Crippen LogP contribution in [0.4, 0.5) is 0 Å². The maximum absolute atomic E-state index is 12.4. The molecule has 0 heterocycles. The van der Waals surface area contributed by atoms with Gasteiger partial charge in [-0.25, -0.2) is 13.1 Å². The fraction of sp³-hybridized carbons (Fsp3) is 0.696. The molecule has 6 heteroatoms. The average Bonchev–Trinajstić information content (AvgIpc) is 2.69. The zero-order valence-corrected chi connectivity index (χ0v) is 19.3. The minimum absolute atomic E-state index is 0.00731. The minimum Gasteiger partial charge on any atom is -0.352 e. The molecule has 1 aliphatic carbocycles. The van der Waals surface area contributed by atoms with Crippen molar-refractivity contribution in [2.45, 2.75) is 77.4 Å². The lowest BCUT2D eigenvalue weighted by Gasteiger charge is -2.29. The third kappa shape index (κ3) is 7.41. The van der Waals surface area contributed by atoms with Gasteiger partial charge in [0.15, 0.2) is 0 Å². The maximum Gasteiger partial charge on any atom is 0.251 e. The minimum atomic E-state index is -3.28. The van der Waals surface area contributed by atoms with E-state index in [9.17, 15) is 13.2 Å². The van der Waals surface area contributed by atoms with Crippen molar-refractivity contribution < 1.29 is 13.2 Å². The molecule has 2 rings (SSSR count). The van der Waals surface area contributed by atoms with Gasteiger partial charge in [0.25, 0.3) is 5.91 Å². The third-order valence-corrected chi connectivity index (χ3v) is 8.08. The molecule has 0 unspecified atom stereocenters. The second-order valence-electron chi connectivity index (χ2n) is 9.36. The predicted octanol–water partition coefficient (Wildman–Crippen LogP) is 4.28. The highest BCUT2D eigenvalue weighted by Crippen LogP contribution is 2.28. The number of hydrogen-bond donors (Lipinski definition) is 2. The fourth-order valence-corrected chi connectivity index (χ4v) is 4.51. The topological polar surface area (TPSA) is 75.3 Å². The molecule has 164 valence electrons. The highest BCUT2D eigenvalue weighted by atomic mass is 32.2. The number of unbranched alkanes of at least 4 members (excludes halogenated alkanes) is 1. The standard InChI is InChI=1S/C23H38N2O3S/c1-5-6-7-18-12-14-21(15-13-18)22(26)24-16-19-8-10-20(11-9-19)17-25-29(27,28)23(2,3)4/h12-15,19-20,25H,5-11,16-17H2,1-4H3,(H,24,26)/t19-,20+. The lowest BCUT2D eigenvalue weighted by molar-refractivity contribution is 0.0941. The molecule has 2 N–H and O–H groups in total. The Labute approximate surface area is 177 Å². The SMILES string of the molecule is CCCCc1ccc(C(=O)NC[C@H]2CC[C@@H](CNS(=O)(=O)C(C)(C)C)CC2)cc1. The highest BCUT2D eigenvalue weighted by Gasteiger charge is 2.30. The van der Waals surface area contributed by atoms with E-state index in [0.29, 0.717) is 24.9 Å². The fourth-order valence-electron chi connectivity index (χ4n) is 3.63. The van der Waals surface area contributed by atoms with Crippen molar-refractivity contribution in [1.29, 1.82) is 0 Å². The first-order valence-electron chi connectivity index (χ1n) is 11.0. The molecular weight excluding hydrogens is 384 g/mol. The molecule has 0 radical (unpaired) electrons. The van der Waals surface area contributed by atoms with Crippen molar-refractivity contribution >= 4 is 15.9 Å². The number of aryl methyl sites for hydroxylation is 1. The first kappa shape index (κ1) is 23.9. The van der Waals surface area contributed by atoms with E-state index >= 15 is 0 Å². The van der Waals surface area contributed by atoms with Gasteiger partial charge in [0.2, 0.25) is 10.0 Å². The zero-order valence-electron chi connectivity index (χ0n) is 18.5. The van der Waals surface area contributed by atoms with Gasteiger partial charge in [0, 0.05) is 18.7 Å². The summed E-state index contributed by atoms with van der Waals surface area (Å²) in [5.41, 5.74) is 2.00. The molecular formula is C23H38N2O3S. The Hall–Kier alpha value is -1.40. The van der Waals surface area contributed by atoms with Crippen LogP contribution < -0.4 is 10.0 Å². The number of benzene rings is 1. The summed E-state index contributed by atoms with van der Waals surface area (Å²) in [6.07, 6.45) is 7.46. The number of sulfonamides is 1. The summed E-state index contributed by atoms with van der Waals surface area (Å²) >= 11 is 0. The molecule has 1 fully saturated rings. The van der Waals surface area contributed by atoms with E-state index in [4.69, 9.17) is 0 Å². The van der Waals surface area contributed by atoms with E-state index in [0.717, 1.165) is 37.7 Å². The summed E-state index contributed by atoms with van der Waals surface area (Å²) in [7, 11) is -3.28. The normalized spacial score (nSPS) is 20.4. The smallest absolute Gasteiger partial charge is 0.251 e. The van der Waals surface area contributed by atoms with E-state index < -0.39 is 14.8 Å². The number of amides is 1. The van der Waals surface area contributed by atoms with Gasteiger partial charge in [0.05, 0.1) is 4.75 Å². The van der Waals surface area contributed by atoms with Crippen LogP contribution in [0, 0.1) is 11.8 Å². The first-order valence-corrected chi connectivity index (χ1v) is 12.5. The largest absolute Gasteiger partial charge is 0.352 e. The van der Waals surface area contributed by atoms with Crippen molar-refractivity contribution in [3.63, 3.8) is 0 Å². The van der Waals surface area contributed by atoms with Crippen LogP contribution in [-0.2, 0) is 16.4 Å². The Morgan fingerprint density at radius 1 is 1.00 bits per heavy atom. The number of carbonyl (C=O) groups excluding carboxylic acids is 1. The molecule has 0 aliphatic heterocycles. The van der Waals surface area contributed by atoms with Crippen molar-refractivity contribution in [1.82, 2.24) is 10.0 Å². The van der Waals surface area contributed by atoms with Crippen molar-refractivity contribution in [3.05, 3.63) is 35.4 Å². The molecule has 1 amide bonds. The monoisotopic (exact) mass is 422 g/mol. The number of nitrogens with one attached hydrogen (secondary N) is 2.